The summed E-state index contributed by atoms with van der Waals surface area (Å²) in [5.41, 5.74) is 4.05. The lowest BCUT2D eigenvalue weighted by atomic mass is 10.1. The van der Waals surface area contributed by atoms with Crippen molar-refractivity contribution in [3.8, 4) is 0 Å². The van der Waals surface area contributed by atoms with Crippen LogP contribution in [0.2, 0.25) is 0 Å². The molecule has 0 aliphatic rings. The van der Waals surface area contributed by atoms with Crippen molar-refractivity contribution in [2.75, 3.05) is 4.90 Å². The van der Waals surface area contributed by atoms with Crippen LogP contribution in [-0.4, -0.2) is 10.9 Å². The van der Waals surface area contributed by atoms with Gasteiger partial charge in [-0.05, 0) is 60.9 Å². The fourth-order valence-electron chi connectivity index (χ4n) is 2.59. The third kappa shape index (κ3) is 3.48. The van der Waals surface area contributed by atoms with Crippen LogP contribution in [0.4, 0.5) is 5.69 Å². The van der Waals surface area contributed by atoms with Gasteiger partial charge in [-0.3, -0.25) is 9.78 Å². The number of hydrogen-bond donors (Lipinski definition) is 0. The molecule has 0 saturated carbocycles. The Labute approximate surface area is 135 Å². The van der Waals surface area contributed by atoms with Gasteiger partial charge >= 0.3 is 0 Å². The zero-order chi connectivity index (χ0) is 16.2. The quantitative estimate of drug-likeness (QED) is 0.728. The number of anilines is 1. The highest BCUT2D eigenvalue weighted by molar-refractivity contribution is 6.04. The van der Waals surface area contributed by atoms with Crippen molar-refractivity contribution in [1.82, 2.24) is 4.98 Å². The van der Waals surface area contributed by atoms with Crippen LogP contribution in [0.5, 0.6) is 0 Å². The van der Waals surface area contributed by atoms with E-state index in [1.807, 2.05) is 38.1 Å². The van der Waals surface area contributed by atoms with Crippen LogP contribution in [0.25, 0.3) is 0 Å². The summed E-state index contributed by atoms with van der Waals surface area (Å²) in [6, 6.07) is 13.3. The molecule has 0 radical (unpaired) electrons. The average molecular weight is 306 g/mol. The molecule has 116 valence electrons. The topological polar surface area (TPSA) is 46.3 Å². The second-order valence-electron chi connectivity index (χ2n) is 5.58. The van der Waals surface area contributed by atoms with Gasteiger partial charge in [-0.15, -0.1) is 0 Å². The molecule has 0 fully saturated rings. The van der Waals surface area contributed by atoms with Crippen LogP contribution in [0.3, 0.4) is 0 Å². The highest BCUT2D eigenvalue weighted by atomic mass is 16.3. The first-order chi connectivity index (χ1) is 11.1. The van der Waals surface area contributed by atoms with Crippen molar-refractivity contribution in [3.63, 3.8) is 0 Å². The number of benzene rings is 1. The molecule has 0 spiro atoms. The van der Waals surface area contributed by atoms with Gasteiger partial charge in [0.2, 0.25) is 0 Å². The number of hydrogen-bond acceptors (Lipinski definition) is 3. The second-order valence-corrected chi connectivity index (χ2v) is 5.58. The Bertz CT molecular complexity index is 775. The molecule has 3 aromatic rings. The molecule has 1 amide bonds. The van der Waals surface area contributed by atoms with E-state index in [2.05, 4.69) is 11.1 Å². The van der Waals surface area contributed by atoms with E-state index in [1.54, 1.807) is 29.4 Å². The van der Waals surface area contributed by atoms with Gasteiger partial charge in [0.1, 0.15) is 0 Å². The van der Waals surface area contributed by atoms with Gasteiger partial charge in [0, 0.05) is 18.1 Å². The monoisotopic (exact) mass is 306 g/mol. The summed E-state index contributed by atoms with van der Waals surface area (Å²) in [4.78, 5) is 18.7. The molecular weight excluding hydrogens is 288 g/mol. The number of furan rings is 1. The zero-order valence-corrected chi connectivity index (χ0v) is 13.2. The fraction of sp³-hybridized carbons (Fsp3) is 0.158. The molecule has 0 saturated heterocycles. The first-order valence-corrected chi connectivity index (χ1v) is 7.46. The van der Waals surface area contributed by atoms with Gasteiger partial charge in [0.15, 0.2) is 5.76 Å². The largest absolute Gasteiger partial charge is 0.459 e. The second kappa shape index (κ2) is 6.48. The predicted octanol–water partition coefficient (Wildman–Crippen LogP) is 4.14. The molecule has 0 N–H and O–H groups in total. The van der Waals surface area contributed by atoms with Gasteiger partial charge in [0.05, 0.1) is 12.8 Å². The molecule has 4 nitrogen and oxygen atoms in total. The van der Waals surface area contributed by atoms with Crippen LogP contribution < -0.4 is 4.90 Å². The normalized spacial score (nSPS) is 10.5. The Kier molecular flexibility index (Phi) is 4.24. The summed E-state index contributed by atoms with van der Waals surface area (Å²) in [5.74, 6) is 0.164. The van der Waals surface area contributed by atoms with Crippen LogP contribution in [-0.2, 0) is 6.54 Å². The first kappa shape index (κ1) is 15.0. The molecule has 2 heterocycles. The van der Waals surface area contributed by atoms with E-state index in [1.165, 1.54) is 6.26 Å². The van der Waals surface area contributed by atoms with Crippen molar-refractivity contribution in [2.24, 2.45) is 0 Å². The molecule has 0 bridgehead atoms. The SMILES string of the molecule is Cc1cc(C)cc(N(Cc2cccnc2)C(=O)c2ccco2)c1. The van der Waals surface area contributed by atoms with Crippen LogP contribution in [0, 0.1) is 13.8 Å². The number of carbonyl (C=O) groups is 1. The maximum Gasteiger partial charge on any atom is 0.294 e. The van der Waals surface area contributed by atoms with Gasteiger partial charge in [-0.1, -0.05) is 12.1 Å². The smallest absolute Gasteiger partial charge is 0.294 e. The fourth-order valence-corrected chi connectivity index (χ4v) is 2.59. The lowest BCUT2D eigenvalue weighted by Crippen LogP contribution is -2.30. The van der Waals surface area contributed by atoms with E-state index < -0.39 is 0 Å². The molecule has 0 aliphatic carbocycles. The minimum Gasteiger partial charge on any atom is -0.459 e. The Hall–Kier alpha value is -2.88. The van der Waals surface area contributed by atoms with E-state index in [4.69, 9.17) is 4.42 Å². The van der Waals surface area contributed by atoms with Crippen LogP contribution in [0.1, 0.15) is 27.2 Å². The van der Waals surface area contributed by atoms with E-state index in [0.29, 0.717) is 12.3 Å². The number of carbonyl (C=O) groups excluding carboxylic acids is 1. The average Bonchev–Trinajstić information content (AvgIpc) is 3.06. The lowest BCUT2D eigenvalue weighted by molar-refractivity contribution is 0.0958. The summed E-state index contributed by atoms with van der Waals surface area (Å²) in [7, 11) is 0. The van der Waals surface area contributed by atoms with Crippen LogP contribution in [0.15, 0.2) is 65.5 Å². The molecule has 4 heteroatoms. The number of pyridine rings is 1. The summed E-state index contributed by atoms with van der Waals surface area (Å²) < 4.78 is 5.29. The molecule has 3 rings (SSSR count). The van der Waals surface area contributed by atoms with Crippen molar-refractivity contribution in [2.45, 2.75) is 20.4 Å². The summed E-state index contributed by atoms with van der Waals surface area (Å²) in [6.07, 6.45) is 5.00. The van der Waals surface area contributed by atoms with Crippen molar-refractivity contribution >= 4 is 11.6 Å². The Balaban J connectivity index is 2.00. The maximum absolute atomic E-state index is 12.8. The summed E-state index contributed by atoms with van der Waals surface area (Å²) in [6.45, 7) is 4.49. The standard InChI is InChI=1S/C19H18N2O2/c1-14-9-15(2)11-17(10-14)21(13-16-5-3-7-20-12-16)19(22)18-6-4-8-23-18/h3-12H,13H2,1-2H3. The molecule has 0 atom stereocenters. The summed E-state index contributed by atoms with van der Waals surface area (Å²) >= 11 is 0. The minimum absolute atomic E-state index is 0.163. The van der Waals surface area contributed by atoms with E-state index in [0.717, 1.165) is 22.4 Å². The highest BCUT2D eigenvalue weighted by Crippen LogP contribution is 2.23. The summed E-state index contributed by atoms with van der Waals surface area (Å²) in [5, 5.41) is 0. The number of aryl methyl sites for hydroxylation is 2. The van der Waals surface area contributed by atoms with Gasteiger partial charge < -0.3 is 9.32 Å². The number of rotatable bonds is 4. The molecule has 0 unspecified atom stereocenters. The van der Waals surface area contributed by atoms with Crippen LogP contribution >= 0.6 is 0 Å². The Morgan fingerprint density at radius 2 is 1.91 bits per heavy atom. The van der Waals surface area contributed by atoms with Gasteiger partial charge in [-0.2, -0.15) is 0 Å². The molecule has 2 aromatic heterocycles. The van der Waals surface area contributed by atoms with E-state index in [9.17, 15) is 4.79 Å². The van der Waals surface area contributed by atoms with Crippen molar-refractivity contribution in [1.29, 1.82) is 0 Å². The number of aromatic nitrogens is 1. The highest BCUT2D eigenvalue weighted by Gasteiger charge is 2.21. The zero-order valence-electron chi connectivity index (χ0n) is 13.2. The van der Waals surface area contributed by atoms with Crippen molar-refractivity contribution in [3.05, 3.63) is 83.6 Å². The predicted molar refractivity (Wildman–Crippen MR) is 89.4 cm³/mol. The third-order valence-electron chi connectivity index (χ3n) is 3.56. The molecule has 23 heavy (non-hydrogen) atoms. The maximum atomic E-state index is 12.8. The van der Waals surface area contributed by atoms with Gasteiger partial charge in [-0.25, -0.2) is 0 Å². The van der Waals surface area contributed by atoms with E-state index in [-0.39, 0.29) is 5.91 Å². The number of nitrogens with zero attached hydrogens (tertiary/aromatic N) is 2. The molecule has 1 aromatic carbocycles. The van der Waals surface area contributed by atoms with E-state index >= 15 is 0 Å². The van der Waals surface area contributed by atoms with Gasteiger partial charge in [0.25, 0.3) is 5.91 Å². The third-order valence-corrected chi connectivity index (χ3v) is 3.56. The Morgan fingerprint density at radius 3 is 2.52 bits per heavy atom. The lowest BCUT2D eigenvalue weighted by Gasteiger charge is -2.23. The first-order valence-electron chi connectivity index (χ1n) is 7.46. The van der Waals surface area contributed by atoms with Crippen molar-refractivity contribution < 1.29 is 9.21 Å². The molecule has 0 aliphatic heterocycles. The molecular formula is C19H18N2O2. The number of amides is 1. The Morgan fingerprint density at radius 1 is 1.13 bits per heavy atom. The minimum atomic E-state index is -0.163.